The summed E-state index contributed by atoms with van der Waals surface area (Å²) in [7, 11) is 0. The average Bonchev–Trinajstić information content (AvgIpc) is 2.71. The number of rotatable bonds is 6. The maximum atomic E-state index is 9.00. The summed E-state index contributed by atoms with van der Waals surface area (Å²) < 4.78 is 11.3. The number of hydrogen-bond donors (Lipinski definition) is 2. The summed E-state index contributed by atoms with van der Waals surface area (Å²) in [6.45, 7) is 3.65. The Kier molecular flexibility index (Phi) is 6.01. The third kappa shape index (κ3) is 4.30. The monoisotopic (exact) mass is 297 g/mol. The summed E-state index contributed by atoms with van der Waals surface area (Å²) in [6, 6.07) is 5.91. The number of aliphatic hydroxyl groups is 1. The number of hydrogen-bond acceptors (Lipinski definition) is 5. The van der Waals surface area contributed by atoms with Gasteiger partial charge in [0, 0.05) is 24.8 Å². The zero-order valence-corrected chi connectivity index (χ0v) is 12.7. The van der Waals surface area contributed by atoms with Crippen molar-refractivity contribution >= 4 is 11.8 Å². The quantitative estimate of drug-likeness (QED) is 0.843. The van der Waals surface area contributed by atoms with Crippen LogP contribution in [0.25, 0.3) is 0 Å². The Bertz CT molecular complexity index is 428. The number of ether oxygens (including phenoxy) is 2. The van der Waals surface area contributed by atoms with Crippen LogP contribution in [-0.2, 0) is 0 Å². The highest BCUT2D eigenvalue weighted by Gasteiger charge is 2.14. The van der Waals surface area contributed by atoms with E-state index in [0.29, 0.717) is 19.1 Å². The van der Waals surface area contributed by atoms with E-state index < -0.39 is 0 Å². The van der Waals surface area contributed by atoms with Crippen LogP contribution in [0.1, 0.15) is 24.9 Å². The molecular formula is C15H23NO3S. The van der Waals surface area contributed by atoms with Crippen LogP contribution in [0.3, 0.4) is 0 Å². The van der Waals surface area contributed by atoms with E-state index in [0.717, 1.165) is 35.0 Å². The number of nitrogens with two attached hydrogens (primary N) is 1. The van der Waals surface area contributed by atoms with Gasteiger partial charge in [-0.05, 0) is 29.4 Å². The van der Waals surface area contributed by atoms with Gasteiger partial charge in [-0.15, -0.1) is 0 Å². The first-order valence-corrected chi connectivity index (χ1v) is 8.20. The third-order valence-electron chi connectivity index (χ3n) is 3.21. The normalized spacial score (nSPS) is 17.4. The molecule has 0 fully saturated rings. The molecule has 1 heterocycles. The highest BCUT2D eigenvalue weighted by atomic mass is 32.2. The van der Waals surface area contributed by atoms with E-state index in [4.69, 9.17) is 20.3 Å². The van der Waals surface area contributed by atoms with Crippen LogP contribution < -0.4 is 15.2 Å². The fourth-order valence-corrected chi connectivity index (χ4v) is 3.05. The second-order valence-corrected chi connectivity index (χ2v) is 6.26. The molecule has 0 saturated heterocycles. The SMILES string of the molecule is CC(CO)CSCC(N)c1ccc2c(c1)OCCCO2. The van der Waals surface area contributed by atoms with E-state index in [1.165, 1.54) is 0 Å². The maximum absolute atomic E-state index is 9.00. The molecule has 2 unspecified atom stereocenters. The van der Waals surface area contributed by atoms with E-state index in [-0.39, 0.29) is 12.6 Å². The van der Waals surface area contributed by atoms with Crippen LogP contribution >= 0.6 is 11.8 Å². The van der Waals surface area contributed by atoms with Gasteiger partial charge in [0.25, 0.3) is 0 Å². The molecule has 1 aromatic carbocycles. The van der Waals surface area contributed by atoms with Crippen LogP contribution in [0.4, 0.5) is 0 Å². The number of aliphatic hydroxyl groups excluding tert-OH is 1. The van der Waals surface area contributed by atoms with Crippen LogP contribution in [0.5, 0.6) is 11.5 Å². The highest BCUT2D eigenvalue weighted by Crippen LogP contribution is 2.32. The number of fused-ring (bicyclic) bond motifs is 1. The molecule has 2 atom stereocenters. The van der Waals surface area contributed by atoms with Crippen molar-refractivity contribution in [1.82, 2.24) is 0 Å². The molecule has 0 saturated carbocycles. The van der Waals surface area contributed by atoms with Crippen LogP contribution in [0.15, 0.2) is 18.2 Å². The largest absolute Gasteiger partial charge is 0.490 e. The molecule has 0 bridgehead atoms. The molecule has 5 heteroatoms. The molecule has 0 radical (unpaired) electrons. The molecule has 0 amide bonds. The molecule has 2 rings (SSSR count). The molecule has 4 nitrogen and oxygen atoms in total. The Balaban J connectivity index is 1.93. The zero-order chi connectivity index (χ0) is 14.4. The van der Waals surface area contributed by atoms with Gasteiger partial charge in [-0.25, -0.2) is 0 Å². The summed E-state index contributed by atoms with van der Waals surface area (Å²) in [4.78, 5) is 0. The molecule has 0 aliphatic carbocycles. The molecule has 0 spiro atoms. The highest BCUT2D eigenvalue weighted by molar-refractivity contribution is 7.99. The van der Waals surface area contributed by atoms with Crippen LogP contribution in [0, 0.1) is 5.92 Å². The summed E-state index contributed by atoms with van der Waals surface area (Å²) in [5, 5.41) is 9.00. The van der Waals surface area contributed by atoms with Gasteiger partial charge in [0.05, 0.1) is 13.2 Å². The molecule has 112 valence electrons. The lowest BCUT2D eigenvalue weighted by molar-refractivity contribution is 0.250. The van der Waals surface area contributed by atoms with Crippen molar-refractivity contribution in [2.75, 3.05) is 31.3 Å². The van der Waals surface area contributed by atoms with Gasteiger partial charge in [-0.1, -0.05) is 13.0 Å². The van der Waals surface area contributed by atoms with Crippen molar-refractivity contribution in [3.8, 4) is 11.5 Å². The fraction of sp³-hybridized carbons (Fsp3) is 0.600. The second-order valence-electron chi connectivity index (χ2n) is 5.19. The number of benzene rings is 1. The standard InChI is InChI=1S/C15H23NO3S/c1-11(8-17)9-20-10-13(16)12-3-4-14-15(7-12)19-6-2-5-18-14/h3-4,7,11,13,17H,2,5-6,8-10,16H2,1H3. The van der Waals surface area contributed by atoms with Gasteiger partial charge in [0.1, 0.15) is 0 Å². The van der Waals surface area contributed by atoms with Crippen molar-refractivity contribution in [2.24, 2.45) is 11.7 Å². The third-order valence-corrected chi connectivity index (χ3v) is 4.61. The predicted octanol–water partition coefficient (Wildman–Crippen LogP) is 2.21. The van der Waals surface area contributed by atoms with Gasteiger partial charge in [0.15, 0.2) is 11.5 Å². The lowest BCUT2D eigenvalue weighted by atomic mass is 10.1. The molecule has 3 N–H and O–H groups in total. The van der Waals surface area contributed by atoms with Crippen molar-refractivity contribution in [1.29, 1.82) is 0 Å². The Morgan fingerprint density at radius 2 is 2.00 bits per heavy atom. The molecule has 1 aliphatic rings. The topological polar surface area (TPSA) is 64.7 Å². The van der Waals surface area contributed by atoms with Crippen molar-refractivity contribution in [3.05, 3.63) is 23.8 Å². The minimum atomic E-state index is -0.0250. The predicted molar refractivity (Wildman–Crippen MR) is 82.6 cm³/mol. The minimum Gasteiger partial charge on any atom is -0.490 e. The smallest absolute Gasteiger partial charge is 0.161 e. The zero-order valence-electron chi connectivity index (χ0n) is 11.9. The summed E-state index contributed by atoms with van der Waals surface area (Å²) in [5.41, 5.74) is 7.28. The first-order chi connectivity index (χ1) is 9.70. The first kappa shape index (κ1) is 15.5. The van der Waals surface area contributed by atoms with E-state index in [1.54, 1.807) is 11.8 Å². The van der Waals surface area contributed by atoms with E-state index in [1.807, 2.05) is 25.1 Å². The van der Waals surface area contributed by atoms with E-state index >= 15 is 0 Å². The van der Waals surface area contributed by atoms with Gasteiger partial charge < -0.3 is 20.3 Å². The van der Waals surface area contributed by atoms with Gasteiger partial charge in [0.2, 0.25) is 0 Å². The van der Waals surface area contributed by atoms with Crippen LogP contribution in [0.2, 0.25) is 0 Å². The summed E-state index contributed by atoms with van der Waals surface area (Å²) >= 11 is 1.77. The first-order valence-electron chi connectivity index (χ1n) is 7.04. The Morgan fingerprint density at radius 1 is 1.25 bits per heavy atom. The van der Waals surface area contributed by atoms with Crippen LogP contribution in [-0.4, -0.2) is 36.4 Å². The van der Waals surface area contributed by atoms with Gasteiger partial charge >= 0.3 is 0 Å². The van der Waals surface area contributed by atoms with Gasteiger partial charge in [-0.2, -0.15) is 11.8 Å². The maximum Gasteiger partial charge on any atom is 0.161 e. The second kappa shape index (κ2) is 7.76. The number of thioether (sulfide) groups is 1. The average molecular weight is 297 g/mol. The Morgan fingerprint density at radius 3 is 2.75 bits per heavy atom. The molecule has 1 aromatic rings. The fourth-order valence-electron chi connectivity index (χ4n) is 1.96. The molecular weight excluding hydrogens is 274 g/mol. The Hall–Kier alpha value is -0.910. The van der Waals surface area contributed by atoms with Crippen molar-refractivity contribution < 1.29 is 14.6 Å². The summed E-state index contributed by atoms with van der Waals surface area (Å²) in [6.07, 6.45) is 0.908. The molecule has 1 aliphatic heterocycles. The van der Waals surface area contributed by atoms with Crippen molar-refractivity contribution in [2.45, 2.75) is 19.4 Å². The summed E-state index contributed by atoms with van der Waals surface area (Å²) in [5.74, 6) is 3.68. The van der Waals surface area contributed by atoms with Crippen molar-refractivity contribution in [3.63, 3.8) is 0 Å². The van der Waals surface area contributed by atoms with E-state index in [9.17, 15) is 0 Å². The van der Waals surface area contributed by atoms with Gasteiger partial charge in [-0.3, -0.25) is 0 Å². The minimum absolute atomic E-state index is 0.0250. The lowest BCUT2D eigenvalue weighted by Crippen LogP contribution is -2.15. The lowest BCUT2D eigenvalue weighted by Gasteiger charge is -2.15. The molecule has 0 aromatic heterocycles. The molecule has 20 heavy (non-hydrogen) atoms. The Labute approximate surface area is 124 Å². The van der Waals surface area contributed by atoms with E-state index in [2.05, 4.69) is 0 Å².